The number of alkyl halides is 1. The lowest BCUT2D eigenvalue weighted by molar-refractivity contribution is -0.143. The molecule has 0 amide bonds. The van der Waals surface area contributed by atoms with E-state index in [2.05, 4.69) is 11.8 Å². The van der Waals surface area contributed by atoms with Crippen LogP contribution in [0.15, 0.2) is 0 Å². The van der Waals surface area contributed by atoms with Crippen LogP contribution < -0.4 is 0 Å². The maximum Gasteiger partial charge on any atom is 0.338 e. The van der Waals surface area contributed by atoms with Crippen LogP contribution in [-0.2, 0) is 9.59 Å². The van der Waals surface area contributed by atoms with Gasteiger partial charge in [0.25, 0.3) is 0 Å². The number of carbonyl (C=O) groups excluding carboxylic acids is 1. The normalized spacial score (nSPS) is 22.3. The molecule has 0 saturated heterocycles. The van der Waals surface area contributed by atoms with Crippen LogP contribution in [0.3, 0.4) is 0 Å². The number of Topliss-reactive ketones (excluding diaryl/α,β-unsaturated/α-hetero) is 1. The molecule has 1 rings (SSSR count). The number of hydrogen-bond donors (Lipinski definition) is 2. The van der Waals surface area contributed by atoms with Crippen LogP contribution in [0, 0.1) is 23.7 Å². The number of aliphatic carboxylic acids is 1. The quantitative estimate of drug-likeness (QED) is 0.436. The van der Waals surface area contributed by atoms with Gasteiger partial charge in [-0.3, -0.25) is 4.79 Å². The van der Waals surface area contributed by atoms with E-state index in [1.807, 2.05) is 6.92 Å². The van der Waals surface area contributed by atoms with E-state index < -0.39 is 18.2 Å². The third-order valence-electron chi connectivity index (χ3n) is 4.94. The van der Waals surface area contributed by atoms with Gasteiger partial charge in [0.15, 0.2) is 6.17 Å². The van der Waals surface area contributed by atoms with Crippen LogP contribution >= 0.6 is 0 Å². The SMILES string of the molecule is CCCC#CC(O)CC[C@H]1CCC(=O)[C@@H]1CCCCCC(F)C(=O)O. The van der Waals surface area contributed by atoms with Gasteiger partial charge in [-0.25, -0.2) is 9.18 Å². The third kappa shape index (κ3) is 8.49. The largest absolute Gasteiger partial charge is 0.479 e. The Morgan fingerprint density at radius 1 is 1.28 bits per heavy atom. The number of hydrogen-bond acceptors (Lipinski definition) is 3. The first-order valence-corrected chi connectivity index (χ1v) is 9.51. The highest BCUT2D eigenvalue weighted by Gasteiger charge is 2.33. The summed E-state index contributed by atoms with van der Waals surface area (Å²) in [6.07, 6.45) is 5.21. The van der Waals surface area contributed by atoms with E-state index in [4.69, 9.17) is 5.11 Å². The molecule has 0 aromatic carbocycles. The highest BCUT2D eigenvalue weighted by Crippen LogP contribution is 2.36. The van der Waals surface area contributed by atoms with E-state index in [-0.39, 0.29) is 12.3 Å². The number of carboxylic acid groups (broad SMARTS) is 1. The molecule has 0 bridgehead atoms. The Morgan fingerprint density at radius 3 is 2.72 bits per heavy atom. The van der Waals surface area contributed by atoms with Crippen LogP contribution in [0.2, 0.25) is 0 Å². The number of halogens is 1. The molecule has 142 valence electrons. The lowest BCUT2D eigenvalue weighted by atomic mass is 9.86. The number of unbranched alkanes of at least 4 members (excludes halogenated alkanes) is 3. The summed E-state index contributed by atoms with van der Waals surface area (Å²) >= 11 is 0. The Balaban J connectivity index is 2.28. The molecule has 2 unspecified atom stereocenters. The summed E-state index contributed by atoms with van der Waals surface area (Å²) in [7, 11) is 0. The first-order chi connectivity index (χ1) is 12.0. The van der Waals surface area contributed by atoms with Gasteiger partial charge in [0, 0.05) is 18.8 Å². The number of aliphatic hydroxyl groups is 1. The zero-order valence-electron chi connectivity index (χ0n) is 15.2. The zero-order chi connectivity index (χ0) is 18.7. The lowest BCUT2D eigenvalue weighted by Gasteiger charge is -2.18. The first-order valence-electron chi connectivity index (χ1n) is 9.51. The number of rotatable bonds is 11. The molecule has 4 nitrogen and oxygen atoms in total. The van der Waals surface area contributed by atoms with E-state index in [1.165, 1.54) is 0 Å². The summed E-state index contributed by atoms with van der Waals surface area (Å²) in [5.41, 5.74) is 0. The van der Waals surface area contributed by atoms with Gasteiger partial charge in [-0.15, -0.1) is 5.92 Å². The molecule has 1 aliphatic rings. The molecule has 4 atom stereocenters. The number of ketones is 1. The maximum atomic E-state index is 13.0. The molecular formula is C20H31FO4. The third-order valence-corrected chi connectivity index (χ3v) is 4.94. The summed E-state index contributed by atoms with van der Waals surface area (Å²) < 4.78 is 13.0. The van der Waals surface area contributed by atoms with Crippen molar-refractivity contribution < 1.29 is 24.2 Å². The van der Waals surface area contributed by atoms with Crippen molar-refractivity contribution in [1.82, 2.24) is 0 Å². The molecule has 0 heterocycles. The van der Waals surface area contributed by atoms with Gasteiger partial charge in [-0.1, -0.05) is 25.7 Å². The van der Waals surface area contributed by atoms with Crippen LogP contribution in [-0.4, -0.2) is 34.2 Å². The Labute approximate surface area is 150 Å². The van der Waals surface area contributed by atoms with Gasteiger partial charge >= 0.3 is 5.97 Å². The van der Waals surface area contributed by atoms with Crippen molar-refractivity contribution in [2.24, 2.45) is 11.8 Å². The molecule has 1 fully saturated rings. The summed E-state index contributed by atoms with van der Waals surface area (Å²) in [4.78, 5) is 22.5. The average Bonchev–Trinajstić information content (AvgIpc) is 2.92. The molecule has 1 aliphatic carbocycles. The molecule has 0 spiro atoms. The van der Waals surface area contributed by atoms with Crippen LogP contribution in [0.4, 0.5) is 4.39 Å². The van der Waals surface area contributed by atoms with E-state index >= 15 is 0 Å². The van der Waals surface area contributed by atoms with E-state index in [1.54, 1.807) is 0 Å². The molecule has 0 aromatic rings. The fraction of sp³-hybridized carbons (Fsp3) is 0.800. The Hall–Kier alpha value is -1.41. The molecular weight excluding hydrogens is 323 g/mol. The van der Waals surface area contributed by atoms with E-state index in [9.17, 15) is 19.1 Å². The standard InChI is InChI=1S/C20H31FO4/c1-2-3-5-8-16(22)13-11-15-12-14-19(23)17(15)9-6-4-7-10-18(21)20(24)25/h15-18,22H,2-4,6-7,9-14H2,1H3,(H,24,25)/t15-,16?,17+,18?/m0/s1. The minimum Gasteiger partial charge on any atom is -0.479 e. The van der Waals surface area contributed by atoms with Crippen LogP contribution in [0.1, 0.15) is 77.6 Å². The minimum absolute atomic E-state index is 0.0384. The summed E-state index contributed by atoms with van der Waals surface area (Å²) in [6.45, 7) is 2.05. The smallest absolute Gasteiger partial charge is 0.338 e. The Kier molecular flexibility index (Phi) is 10.4. The minimum atomic E-state index is -1.78. The summed E-state index contributed by atoms with van der Waals surface area (Å²) in [5, 5.41) is 18.4. The van der Waals surface area contributed by atoms with Crippen LogP contribution in [0.25, 0.3) is 0 Å². The second kappa shape index (κ2) is 12.0. The number of carbonyl (C=O) groups is 2. The van der Waals surface area contributed by atoms with Crippen LogP contribution in [0.5, 0.6) is 0 Å². The summed E-state index contributed by atoms with van der Waals surface area (Å²) in [6, 6.07) is 0. The molecule has 0 aromatic heterocycles. The monoisotopic (exact) mass is 354 g/mol. The first kappa shape index (κ1) is 21.6. The fourth-order valence-electron chi connectivity index (χ4n) is 3.47. The van der Waals surface area contributed by atoms with Gasteiger partial charge in [0.1, 0.15) is 11.9 Å². The second-order valence-corrected chi connectivity index (χ2v) is 6.98. The van der Waals surface area contributed by atoms with Crippen molar-refractivity contribution in [1.29, 1.82) is 0 Å². The molecule has 1 saturated carbocycles. The second-order valence-electron chi connectivity index (χ2n) is 6.98. The molecule has 0 radical (unpaired) electrons. The van der Waals surface area contributed by atoms with Gasteiger partial charge in [-0.05, 0) is 50.9 Å². The Morgan fingerprint density at radius 2 is 2.04 bits per heavy atom. The lowest BCUT2D eigenvalue weighted by Crippen LogP contribution is -2.17. The maximum absolute atomic E-state index is 13.0. The van der Waals surface area contributed by atoms with E-state index in [0.29, 0.717) is 31.0 Å². The molecule has 5 heteroatoms. The van der Waals surface area contributed by atoms with Gasteiger partial charge < -0.3 is 10.2 Å². The zero-order valence-corrected chi connectivity index (χ0v) is 15.2. The molecule has 25 heavy (non-hydrogen) atoms. The summed E-state index contributed by atoms with van der Waals surface area (Å²) in [5.74, 6) is 5.05. The molecule has 0 aliphatic heterocycles. The fourth-order valence-corrected chi connectivity index (χ4v) is 3.47. The topological polar surface area (TPSA) is 74.6 Å². The highest BCUT2D eigenvalue weighted by molar-refractivity contribution is 5.83. The Bertz CT molecular complexity index is 480. The van der Waals surface area contributed by atoms with Crippen molar-refractivity contribution >= 4 is 11.8 Å². The van der Waals surface area contributed by atoms with Gasteiger partial charge in [-0.2, -0.15) is 0 Å². The predicted octanol–water partition coefficient (Wildman–Crippen LogP) is 3.90. The van der Waals surface area contributed by atoms with E-state index in [0.717, 1.165) is 44.9 Å². The van der Waals surface area contributed by atoms with Gasteiger partial charge in [0.05, 0.1) is 0 Å². The number of carboxylic acids is 1. The number of aliphatic hydroxyl groups excluding tert-OH is 1. The van der Waals surface area contributed by atoms with Gasteiger partial charge in [0.2, 0.25) is 0 Å². The van der Waals surface area contributed by atoms with Crippen molar-refractivity contribution in [3.05, 3.63) is 0 Å². The predicted molar refractivity (Wildman–Crippen MR) is 94.8 cm³/mol. The van der Waals surface area contributed by atoms with Crippen molar-refractivity contribution in [3.63, 3.8) is 0 Å². The van der Waals surface area contributed by atoms with Crippen molar-refractivity contribution in [3.8, 4) is 11.8 Å². The van der Waals surface area contributed by atoms with Crippen molar-refractivity contribution in [2.45, 2.75) is 89.8 Å². The highest BCUT2D eigenvalue weighted by atomic mass is 19.1. The average molecular weight is 354 g/mol. The molecule has 2 N–H and O–H groups in total. The van der Waals surface area contributed by atoms with Crippen molar-refractivity contribution in [2.75, 3.05) is 0 Å².